The smallest absolute Gasteiger partial charge is 0.338 e. The first-order chi connectivity index (χ1) is 6.69. The first kappa shape index (κ1) is 13.9. The fraction of sp³-hybridized carbons (Fsp3) is 0.778. The van der Waals surface area contributed by atoms with Gasteiger partial charge in [-0.15, -0.1) is 0 Å². The number of rotatable bonds is 4. The highest BCUT2D eigenvalue weighted by molar-refractivity contribution is 5.85. The van der Waals surface area contributed by atoms with E-state index in [1.54, 1.807) is 20.8 Å². The molecule has 0 radical (unpaired) electrons. The first-order valence-electron chi connectivity index (χ1n) is 4.43. The minimum absolute atomic E-state index is 0.702. The molecule has 0 aromatic heterocycles. The van der Waals surface area contributed by atoms with E-state index in [1.165, 1.54) is 7.11 Å². The van der Waals surface area contributed by atoms with Crippen LogP contribution in [0.15, 0.2) is 0 Å². The third kappa shape index (κ3) is 4.75. The lowest BCUT2D eigenvalue weighted by Crippen LogP contribution is -2.49. The van der Waals surface area contributed by atoms with Gasteiger partial charge in [0.15, 0.2) is 6.10 Å². The van der Waals surface area contributed by atoms with E-state index in [1.807, 2.05) is 0 Å². The lowest BCUT2D eigenvalue weighted by Gasteiger charge is -2.24. The molecule has 0 rings (SSSR count). The molecular formula is C9H17NO5. The normalized spacial score (nSPS) is 15.5. The number of hydrogen-bond donors (Lipinski definition) is 2. The maximum absolute atomic E-state index is 11.4. The summed E-state index contributed by atoms with van der Waals surface area (Å²) in [7, 11) is 1.21. The van der Waals surface area contributed by atoms with E-state index < -0.39 is 29.7 Å². The Morgan fingerprint density at radius 1 is 1.33 bits per heavy atom. The van der Waals surface area contributed by atoms with Crippen LogP contribution in [-0.4, -0.2) is 41.9 Å². The van der Waals surface area contributed by atoms with Crippen LogP contribution < -0.4 is 5.73 Å². The summed E-state index contributed by atoms with van der Waals surface area (Å²) in [5.41, 5.74) is 4.56. The average Bonchev–Trinajstić information content (AvgIpc) is 2.01. The van der Waals surface area contributed by atoms with Crippen LogP contribution in [0.2, 0.25) is 0 Å². The highest BCUT2D eigenvalue weighted by Gasteiger charge is 2.34. The largest absolute Gasteiger partial charge is 0.480 e. The molecule has 2 atom stereocenters. The summed E-state index contributed by atoms with van der Waals surface area (Å²) in [6.45, 7) is 5.01. The van der Waals surface area contributed by atoms with Gasteiger partial charge in [-0.05, 0) is 20.8 Å². The van der Waals surface area contributed by atoms with Crippen molar-refractivity contribution in [3.8, 4) is 0 Å². The van der Waals surface area contributed by atoms with Gasteiger partial charge in [0, 0.05) is 7.11 Å². The zero-order chi connectivity index (χ0) is 12.2. The molecule has 0 saturated carbocycles. The van der Waals surface area contributed by atoms with Gasteiger partial charge in [-0.3, -0.25) is 4.79 Å². The number of carboxylic acids is 1. The van der Waals surface area contributed by atoms with Crippen molar-refractivity contribution in [3.05, 3.63) is 0 Å². The number of carboxylic acid groups (broad SMARTS) is 1. The van der Waals surface area contributed by atoms with Crippen molar-refractivity contribution in [2.24, 2.45) is 5.73 Å². The summed E-state index contributed by atoms with van der Waals surface area (Å²) >= 11 is 0. The van der Waals surface area contributed by atoms with Gasteiger partial charge >= 0.3 is 11.9 Å². The van der Waals surface area contributed by atoms with Gasteiger partial charge < -0.3 is 20.3 Å². The molecule has 0 aromatic rings. The van der Waals surface area contributed by atoms with Crippen molar-refractivity contribution < 1.29 is 24.2 Å². The Morgan fingerprint density at radius 2 is 1.80 bits per heavy atom. The van der Waals surface area contributed by atoms with Crippen molar-refractivity contribution in [2.75, 3.05) is 7.11 Å². The van der Waals surface area contributed by atoms with E-state index in [2.05, 4.69) is 0 Å². The van der Waals surface area contributed by atoms with Gasteiger partial charge in [-0.25, -0.2) is 4.79 Å². The second-order valence-corrected chi connectivity index (χ2v) is 4.05. The quantitative estimate of drug-likeness (QED) is 0.633. The lowest BCUT2D eigenvalue weighted by atomic mass is 10.1. The summed E-state index contributed by atoms with van der Waals surface area (Å²) in [5, 5.41) is 8.62. The fourth-order valence-corrected chi connectivity index (χ4v) is 0.879. The van der Waals surface area contributed by atoms with E-state index in [0.717, 1.165) is 0 Å². The van der Waals surface area contributed by atoms with E-state index in [-0.39, 0.29) is 0 Å². The van der Waals surface area contributed by atoms with Crippen molar-refractivity contribution in [1.29, 1.82) is 0 Å². The number of methoxy groups -OCH3 is 1. The lowest BCUT2D eigenvalue weighted by molar-refractivity contribution is -0.171. The third-order valence-electron chi connectivity index (χ3n) is 1.50. The predicted octanol–water partition coefficient (Wildman–Crippen LogP) is -0.245. The Balaban J connectivity index is 4.55. The molecule has 6 nitrogen and oxygen atoms in total. The predicted molar refractivity (Wildman–Crippen MR) is 52.3 cm³/mol. The zero-order valence-corrected chi connectivity index (χ0v) is 9.31. The average molecular weight is 219 g/mol. The van der Waals surface area contributed by atoms with Crippen LogP contribution in [0.5, 0.6) is 0 Å². The molecule has 0 bridgehead atoms. The molecule has 0 saturated heterocycles. The zero-order valence-electron chi connectivity index (χ0n) is 9.31. The van der Waals surface area contributed by atoms with Gasteiger partial charge in [0.25, 0.3) is 0 Å². The van der Waals surface area contributed by atoms with Crippen LogP contribution in [0.1, 0.15) is 20.8 Å². The Morgan fingerprint density at radius 3 is 2.07 bits per heavy atom. The van der Waals surface area contributed by atoms with Crippen molar-refractivity contribution in [2.45, 2.75) is 38.5 Å². The highest BCUT2D eigenvalue weighted by atomic mass is 16.6. The van der Waals surface area contributed by atoms with Gasteiger partial charge in [0.2, 0.25) is 0 Å². The maximum Gasteiger partial charge on any atom is 0.338 e. The summed E-state index contributed by atoms with van der Waals surface area (Å²) in [5.74, 6) is -2.09. The fourth-order valence-electron chi connectivity index (χ4n) is 0.879. The third-order valence-corrected chi connectivity index (χ3v) is 1.50. The Hall–Kier alpha value is -1.14. The molecule has 88 valence electrons. The molecule has 0 aromatic carbocycles. The van der Waals surface area contributed by atoms with Crippen molar-refractivity contribution >= 4 is 11.9 Å². The SMILES string of the molecule is CO[C@H](C(=O)OC(C)(C)C)C(N)C(=O)O. The molecule has 0 heterocycles. The van der Waals surface area contributed by atoms with Crippen LogP contribution in [0, 0.1) is 0 Å². The van der Waals surface area contributed by atoms with Gasteiger partial charge in [0.1, 0.15) is 11.6 Å². The minimum atomic E-state index is -1.43. The summed E-state index contributed by atoms with van der Waals surface area (Å²) < 4.78 is 9.66. The monoisotopic (exact) mass is 219 g/mol. The second-order valence-electron chi connectivity index (χ2n) is 4.05. The molecule has 1 unspecified atom stereocenters. The van der Waals surface area contributed by atoms with E-state index in [0.29, 0.717) is 0 Å². The minimum Gasteiger partial charge on any atom is -0.480 e. The van der Waals surface area contributed by atoms with E-state index in [9.17, 15) is 9.59 Å². The van der Waals surface area contributed by atoms with Gasteiger partial charge in [-0.1, -0.05) is 0 Å². The van der Waals surface area contributed by atoms with Gasteiger partial charge in [-0.2, -0.15) is 0 Å². The van der Waals surface area contributed by atoms with E-state index in [4.69, 9.17) is 20.3 Å². The maximum atomic E-state index is 11.4. The highest BCUT2D eigenvalue weighted by Crippen LogP contribution is 2.10. The van der Waals surface area contributed by atoms with E-state index >= 15 is 0 Å². The number of carbonyl (C=O) groups excluding carboxylic acids is 1. The number of esters is 1. The number of aliphatic carboxylic acids is 1. The summed E-state index contributed by atoms with van der Waals surface area (Å²) in [4.78, 5) is 22.0. The van der Waals surface area contributed by atoms with Crippen LogP contribution in [-0.2, 0) is 19.1 Å². The molecule has 15 heavy (non-hydrogen) atoms. The number of hydrogen-bond acceptors (Lipinski definition) is 5. The van der Waals surface area contributed by atoms with Crippen molar-refractivity contribution in [1.82, 2.24) is 0 Å². The number of nitrogens with two attached hydrogens (primary N) is 1. The first-order valence-corrected chi connectivity index (χ1v) is 4.43. The van der Waals surface area contributed by atoms with Crippen LogP contribution in [0.25, 0.3) is 0 Å². The molecule has 0 amide bonds. The molecule has 3 N–H and O–H groups in total. The van der Waals surface area contributed by atoms with Crippen LogP contribution in [0.4, 0.5) is 0 Å². The van der Waals surface area contributed by atoms with Crippen molar-refractivity contribution in [3.63, 3.8) is 0 Å². The van der Waals surface area contributed by atoms with Crippen LogP contribution in [0.3, 0.4) is 0 Å². The van der Waals surface area contributed by atoms with Crippen LogP contribution >= 0.6 is 0 Å². The molecule has 6 heteroatoms. The molecule has 0 spiro atoms. The number of carbonyl (C=O) groups is 2. The Bertz CT molecular complexity index is 245. The molecule has 0 aliphatic carbocycles. The molecule has 0 aliphatic rings. The number of ether oxygens (including phenoxy) is 2. The topological polar surface area (TPSA) is 98.9 Å². The molecular weight excluding hydrogens is 202 g/mol. The summed E-state index contributed by atoms with van der Waals surface area (Å²) in [6, 6.07) is -1.43. The second kappa shape index (κ2) is 5.09. The Labute approximate surface area is 88.3 Å². The molecule has 0 fully saturated rings. The van der Waals surface area contributed by atoms with Gasteiger partial charge in [0.05, 0.1) is 0 Å². The summed E-state index contributed by atoms with van der Waals surface area (Å²) in [6.07, 6.45) is -1.29. The Kier molecular flexibility index (Phi) is 4.70. The molecule has 0 aliphatic heterocycles. The standard InChI is InChI=1S/C9H17NO5/c1-9(2,3)15-8(13)6(14-4)5(10)7(11)12/h5-6H,10H2,1-4H3,(H,11,12)/t5?,6-/m0/s1.